The number of nitriles is 1. The summed E-state index contributed by atoms with van der Waals surface area (Å²) >= 11 is 0. The van der Waals surface area contributed by atoms with Crippen molar-refractivity contribution in [2.75, 3.05) is 32.8 Å². The Morgan fingerprint density at radius 1 is 1.32 bits per heavy atom. The van der Waals surface area contributed by atoms with E-state index in [2.05, 4.69) is 48.5 Å². The zero-order chi connectivity index (χ0) is 19.8. The molecule has 1 atom stereocenters. The topological polar surface area (TPSA) is 66.1 Å². The fourth-order valence-corrected chi connectivity index (χ4v) is 3.66. The maximum absolute atomic E-state index is 8.86. The van der Waals surface area contributed by atoms with Crippen LogP contribution in [0, 0.1) is 17.2 Å². The molecule has 28 heavy (non-hydrogen) atoms. The summed E-state index contributed by atoms with van der Waals surface area (Å²) in [5.74, 6) is 0.680. The fraction of sp³-hybridized carbons (Fsp3) is 0.545. The largest absolute Gasteiger partial charge is 0.374 e. The minimum Gasteiger partial charge on any atom is -0.374 e. The summed E-state index contributed by atoms with van der Waals surface area (Å²) in [7, 11) is 0. The molecule has 1 N–H and O–H groups in total. The Labute approximate surface area is 168 Å². The molecule has 6 heteroatoms. The van der Waals surface area contributed by atoms with Gasteiger partial charge in [-0.3, -0.25) is 9.58 Å². The van der Waals surface area contributed by atoms with Gasteiger partial charge in [-0.1, -0.05) is 44.2 Å². The summed E-state index contributed by atoms with van der Waals surface area (Å²) in [6.07, 6.45) is 2.74. The lowest BCUT2D eigenvalue weighted by molar-refractivity contribution is -0.0303. The van der Waals surface area contributed by atoms with Crippen molar-refractivity contribution in [2.24, 2.45) is 5.92 Å². The van der Waals surface area contributed by atoms with Crippen LogP contribution in [0.15, 0.2) is 36.5 Å². The summed E-state index contributed by atoms with van der Waals surface area (Å²) in [6, 6.07) is 12.4. The van der Waals surface area contributed by atoms with Crippen LogP contribution in [0.2, 0.25) is 0 Å². The Bertz CT molecular complexity index is 765. The first-order valence-electron chi connectivity index (χ1n) is 10.2. The lowest BCUT2D eigenvalue weighted by atomic mass is 10.1. The molecule has 1 unspecified atom stereocenters. The van der Waals surface area contributed by atoms with Crippen LogP contribution in [-0.2, 0) is 17.8 Å². The number of ether oxygens (including phenoxy) is 1. The van der Waals surface area contributed by atoms with Gasteiger partial charge < -0.3 is 10.1 Å². The average Bonchev–Trinajstić information content (AvgIpc) is 3.10. The Balaban J connectivity index is 1.60. The number of aromatic nitrogens is 2. The van der Waals surface area contributed by atoms with Gasteiger partial charge in [-0.05, 0) is 5.92 Å². The maximum atomic E-state index is 8.86. The summed E-state index contributed by atoms with van der Waals surface area (Å²) in [5, 5.41) is 17.1. The lowest BCUT2D eigenvalue weighted by Gasteiger charge is -2.34. The van der Waals surface area contributed by atoms with Gasteiger partial charge in [-0.2, -0.15) is 10.4 Å². The predicted molar refractivity (Wildman–Crippen MR) is 111 cm³/mol. The average molecular weight is 382 g/mol. The summed E-state index contributed by atoms with van der Waals surface area (Å²) in [6.45, 7) is 10.6. The molecule has 2 heterocycles. The van der Waals surface area contributed by atoms with E-state index in [1.54, 1.807) is 0 Å². The number of rotatable bonds is 9. The molecule has 150 valence electrons. The van der Waals surface area contributed by atoms with Gasteiger partial charge in [0.25, 0.3) is 0 Å². The van der Waals surface area contributed by atoms with Crippen LogP contribution in [0.5, 0.6) is 0 Å². The first kappa shape index (κ1) is 20.5. The monoisotopic (exact) mass is 381 g/mol. The van der Waals surface area contributed by atoms with Gasteiger partial charge in [0.1, 0.15) is 0 Å². The smallest absolute Gasteiger partial charge is 0.0968 e. The van der Waals surface area contributed by atoms with E-state index in [9.17, 15) is 0 Å². The summed E-state index contributed by atoms with van der Waals surface area (Å²) in [4.78, 5) is 2.50. The van der Waals surface area contributed by atoms with Crippen molar-refractivity contribution >= 4 is 0 Å². The van der Waals surface area contributed by atoms with Gasteiger partial charge in [-0.25, -0.2) is 0 Å². The molecule has 1 aromatic heterocycles. The molecule has 0 spiro atoms. The van der Waals surface area contributed by atoms with Gasteiger partial charge in [0, 0.05) is 50.0 Å². The first-order chi connectivity index (χ1) is 13.7. The second-order valence-corrected chi connectivity index (χ2v) is 7.82. The van der Waals surface area contributed by atoms with Crippen LogP contribution >= 0.6 is 0 Å². The molecular formula is C22H31N5O. The third-order valence-corrected chi connectivity index (χ3v) is 4.87. The van der Waals surface area contributed by atoms with Gasteiger partial charge >= 0.3 is 0 Å². The van der Waals surface area contributed by atoms with Crippen LogP contribution in [0.4, 0.5) is 0 Å². The van der Waals surface area contributed by atoms with Crippen LogP contribution in [-0.4, -0.2) is 53.6 Å². The highest BCUT2D eigenvalue weighted by molar-refractivity contribution is 5.62. The second kappa shape index (κ2) is 10.4. The van der Waals surface area contributed by atoms with Crippen molar-refractivity contribution in [1.82, 2.24) is 20.0 Å². The Kier molecular flexibility index (Phi) is 7.61. The van der Waals surface area contributed by atoms with E-state index in [-0.39, 0.29) is 6.10 Å². The van der Waals surface area contributed by atoms with Crippen LogP contribution in [0.1, 0.15) is 25.8 Å². The quantitative estimate of drug-likeness (QED) is 0.723. The summed E-state index contributed by atoms with van der Waals surface area (Å²) in [5.41, 5.74) is 3.24. The third-order valence-electron chi connectivity index (χ3n) is 4.87. The highest BCUT2D eigenvalue weighted by Crippen LogP contribution is 2.22. The highest BCUT2D eigenvalue weighted by Gasteiger charge is 2.21. The molecule has 2 aromatic rings. The van der Waals surface area contributed by atoms with Crippen molar-refractivity contribution < 1.29 is 4.74 Å². The number of aryl methyl sites for hydroxylation is 1. The third kappa shape index (κ3) is 5.90. The van der Waals surface area contributed by atoms with Crippen molar-refractivity contribution in [1.29, 1.82) is 5.26 Å². The molecule has 6 nitrogen and oxygen atoms in total. The molecule has 0 amide bonds. The second-order valence-electron chi connectivity index (χ2n) is 7.82. The number of hydrogen-bond acceptors (Lipinski definition) is 5. The van der Waals surface area contributed by atoms with E-state index in [0.29, 0.717) is 18.9 Å². The van der Waals surface area contributed by atoms with Crippen LogP contribution < -0.4 is 5.32 Å². The molecule has 1 aliphatic rings. The first-order valence-corrected chi connectivity index (χ1v) is 10.2. The van der Waals surface area contributed by atoms with Crippen LogP contribution in [0.3, 0.4) is 0 Å². The number of benzene rings is 1. The van der Waals surface area contributed by atoms with Crippen molar-refractivity contribution in [3.63, 3.8) is 0 Å². The van der Waals surface area contributed by atoms with E-state index in [1.807, 2.05) is 22.9 Å². The zero-order valence-electron chi connectivity index (χ0n) is 17.0. The maximum Gasteiger partial charge on any atom is 0.0968 e. The molecular weight excluding hydrogens is 350 g/mol. The molecule has 0 radical (unpaired) electrons. The number of morpholine rings is 1. The van der Waals surface area contributed by atoms with E-state index in [0.717, 1.165) is 56.2 Å². The molecule has 0 aliphatic carbocycles. The van der Waals surface area contributed by atoms with Gasteiger partial charge in [-0.15, -0.1) is 0 Å². The highest BCUT2D eigenvalue weighted by atomic mass is 16.5. The van der Waals surface area contributed by atoms with E-state index in [4.69, 9.17) is 15.1 Å². The molecule has 1 saturated heterocycles. The van der Waals surface area contributed by atoms with E-state index < -0.39 is 0 Å². The lowest BCUT2D eigenvalue weighted by Crippen LogP contribution is -2.47. The molecule has 0 bridgehead atoms. The predicted octanol–water partition coefficient (Wildman–Crippen LogP) is 2.91. The van der Waals surface area contributed by atoms with E-state index >= 15 is 0 Å². The molecule has 0 saturated carbocycles. The fourth-order valence-electron chi connectivity index (χ4n) is 3.66. The van der Waals surface area contributed by atoms with Crippen molar-refractivity contribution in [3.05, 3.63) is 42.1 Å². The van der Waals surface area contributed by atoms with Crippen LogP contribution in [0.25, 0.3) is 11.3 Å². The van der Waals surface area contributed by atoms with Crippen molar-refractivity contribution in [2.45, 2.75) is 39.5 Å². The Hall–Kier alpha value is -2.20. The molecule has 1 aromatic carbocycles. The van der Waals surface area contributed by atoms with Gasteiger partial charge in [0.2, 0.25) is 0 Å². The number of nitrogens with zero attached hydrogens (tertiary/aromatic N) is 4. The Morgan fingerprint density at radius 3 is 2.89 bits per heavy atom. The summed E-state index contributed by atoms with van der Waals surface area (Å²) < 4.78 is 7.82. The van der Waals surface area contributed by atoms with Gasteiger partial charge in [0.05, 0.1) is 37.4 Å². The molecule has 3 rings (SSSR count). The minimum absolute atomic E-state index is 0.223. The Morgan fingerprint density at radius 2 is 2.14 bits per heavy atom. The number of nitrogens with one attached hydrogen (secondary N) is 1. The SMILES string of the molecule is CC(C)CN1CCOC(CNCc2cn(CCC#N)nc2-c2ccccc2)C1. The van der Waals surface area contributed by atoms with E-state index in [1.165, 1.54) is 0 Å². The molecule has 1 fully saturated rings. The molecule has 1 aliphatic heterocycles. The standard InChI is InChI=1S/C22H31N5O/c1-18(2)15-26-11-12-28-21(17-26)14-24-13-20-16-27(10-6-9-23)25-22(20)19-7-4-3-5-8-19/h3-5,7-8,16,18,21,24H,6,10-15,17H2,1-2H3. The van der Waals surface area contributed by atoms with Gasteiger partial charge in [0.15, 0.2) is 0 Å². The zero-order valence-corrected chi connectivity index (χ0v) is 17.0. The number of hydrogen-bond donors (Lipinski definition) is 1. The van der Waals surface area contributed by atoms with Crippen molar-refractivity contribution in [3.8, 4) is 17.3 Å². The normalized spacial score (nSPS) is 17.7. The minimum atomic E-state index is 0.223.